The summed E-state index contributed by atoms with van der Waals surface area (Å²) in [5, 5.41) is 5.41. The Balaban J connectivity index is 1.60. The second kappa shape index (κ2) is 7.25. The zero-order valence-corrected chi connectivity index (χ0v) is 15.9. The second-order valence-electron chi connectivity index (χ2n) is 6.42. The predicted molar refractivity (Wildman–Crippen MR) is 112 cm³/mol. The lowest BCUT2D eigenvalue weighted by Gasteiger charge is -2.29. The minimum Gasteiger partial charge on any atom is -0.388 e. The summed E-state index contributed by atoms with van der Waals surface area (Å²) in [6.45, 7) is 4.32. The molecule has 0 atom stereocenters. The second-order valence-corrected chi connectivity index (χ2v) is 7.31. The number of nitrogens with one attached hydrogen (secondary N) is 1. The fourth-order valence-electron chi connectivity index (χ4n) is 3.02. The number of rotatable bonds is 5. The quantitative estimate of drug-likeness (QED) is 0.495. The minimum atomic E-state index is -0.379. The predicted octanol–water partition coefficient (Wildman–Crippen LogP) is 5.54. The number of benzene rings is 2. The first-order valence-corrected chi connectivity index (χ1v) is 9.59. The van der Waals surface area contributed by atoms with E-state index in [9.17, 15) is 4.79 Å². The van der Waals surface area contributed by atoms with Gasteiger partial charge in [-0.15, -0.1) is 11.3 Å². The number of nitrogens with zero attached hydrogens (tertiary/aromatic N) is 2. The van der Waals surface area contributed by atoms with Gasteiger partial charge in [0.1, 0.15) is 4.83 Å². The number of fused-ring (bicyclic) bond motifs is 1. The smallest absolute Gasteiger partial charge is 0.349 e. The highest BCUT2D eigenvalue weighted by molar-refractivity contribution is 7.16. The fourth-order valence-corrected chi connectivity index (χ4v) is 3.76. The summed E-state index contributed by atoms with van der Waals surface area (Å²) in [4.78, 5) is 19.3. The zero-order chi connectivity index (χ0) is 18.8. The molecule has 27 heavy (non-hydrogen) atoms. The summed E-state index contributed by atoms with van der Waals surface area (Å²) in [5.41, 5.74) is 2.66. The van der Waals surface area contributed by atoms with Gasteiger partial charge in [-0.3, -0.25) is 0 Å². The van der Waals surface area contributed by atoms with E-state index in [1.54, 1.807) is 6.07 Å². The molecule has 2 heterocycles. The first-order valence-electron chi connectivity index (χ1n) is 8.71. The molecule has 0 spiro atoms. The maximum atomic E-state index is 12.0. The lowest BCUT2D eigenvalue weighted by atomic mass is 10.2. The Bertz CT molecular complexity index is 1100. The number of thiophene rings is 1. The van der Waals surface area contributed by atoms with Crippen LogP contribution in [0.1, 0.15) is 13.8 Å². The van der Waals surface area contributed by atoms with Gasteiger partial charge in [0.15, 0.2) is 0 Å². The van der Waals surface area contributed by atoms with Crippen LogP contribution in [0.15, 0.2) is 75.3 Å². The summed E-state index contributed by atoms with van der Waals surface area (Å²) in [6.07, 6.45) is 0. The molecule has 0 saturated carbocycles. The van der Waals surface area contributed by atoms with Gasteiger partial charge in [0.25, 0.3) is 0 Å². The van der Waals surface area contributed by atoms with E-state index in [1.165, 1.54) is 11.3 Å². The highest BCUT2D eigenvalue weighted by atomic mass is 32.1. The van der Waals surface area contributed by atoms with Crippen LogP contribution in [0, 0.1) is 0 Å². The lowest BCUT2D eigenvalue weighted by molar-refractivity contribution is 0.522. The van der Waals surface area contributed by atoms with E-state index in [0.717, 1.165) is 17.1 Å². The number of anilines is 4. The molecular weight excluding hydrogens is 358 g/mol. The molecule has 0 unspecified atom stereocenters. The monoisotopic (exact) mass is 377 g/mol. The van der Waals surface area contributed by atoms with Crippen LogP contribution in [0.2, 0.25) is 0 Å². The van der Waals surface area contributed by atoms with E-state index >= 15 is 0 Å². The third-order valence-corrected chi connectivity index (χ3v) is 5.01. The van der Waals surface area contributed by atoms with Crippen LogP contribution in [0.3, 0.4) is 0 Å². The number of hydrogen-bond acceptors (Lipinski definition) is 6. The first kappa shape index (κ1) is 17.3. The molecule has 6 heteroatoms. The number of aromatic nitrogens is 1. The SMILES string of the molecule is CC(C)N(c1ccccc1)c1ccc(Nc2nc3sccc3c(=O)o2)cc1. The van der Waals surface area contributed by atoms with E-state index in [0.29, 0.717) is 16.3 Å². The van der Waals surface area contributed by atoms with Gasteiger partial charge < -0.3 is 14.6 Å². The number of para-hydroxylation sites is 1. The topological polar surface area (TPSA) is 58.4 Å². The van der Waals surface area contributed by atoms with Gasteiger partial charge in [-0.05, 0) is 61.7 Å². The van der Waals surface area contributed by atoms with Gasteiger partial charge in [0, 0.05) is 23.1 Å². The van der Waals surface area contributed by atoms with Crippen molar-refractivity contribution in [2.45, 2.75) is 19.9 Å². The van der Waals surface area contributed by atoms with Crippen molar-refractivity contribution < 1.29 is 4.42 Å². The lowest BCUT2D eigenvalue weighted by Crippen LogP contribution is -2.25. The molecular formula is C21H19N3O2S. The molecule has 4 aromatic rings. The van der Waals surface area contributed by atoms with Crippen molar-refractivity contribution in [1.82, 2.24) is 4.98 Å². The van der Waals surface area contributed by atoms with Crippen LogP contribution in [-0.2, 0) is 0 Å². The van der Waals surface area contributed by atoms with Crippen LogP contribution in [-0.4, -0.2) is 11.0 Å². The van der Waals surface area contributed by atoms with Gasteiger partial charge in [-0.1, -0.05) is 18.2 Å². The van der Waals surface area contributed by atoms with Gasteiger partial charge >= 0.3 is 11.6 Å². The molecule has 0 aliphatic carbocycles. The molecule has 2 aromatic heterocycles. The zero-order valence-electron chi connectivity index (χ0n) is 15.0. The van der Waals surface area contributed by atoms with Crippen molar-refractivity contribution in [3.63, 3.8) is 0 Å². The fraction of sp³-hybridized carbons (Fsp3) is 0.143. The number of hydrogen-bond donors (Lipinski definition) is 1. The Morgan fingerprint density at radius 3 is 2.41 bits per heavy atom. The van der Waals surface area contributed by atoms with Crippen LogP contribution >= 0.6 is 11.3 Å². The van der Waals surface area contributed by atoms with Gasteiger partial charge in [-0.2, -0.15) is 4.98 Å². The molecule has 1 N–H and O–H groups in total. The molecule has 0 amide bonds. The molecule has 0 radical (unpaired) electrons. The first-order chi connectivity index (χ1) is 13.1. The van der Waals surface area contributed by atoms with E-state index < -0.39 is 0 Å². The van der Waals surface area contributed by atoms with Gasteiger partial charge in [0.2, 0.25) is 0 Å². The van der Waals surface area contributed by atoms with Crippen molar-refractivity contribution in [2.24, 2.45) is 0 Å². The molecule has 0 saturated heterocycles. The van der Waals surface area contributed by atoms with Crippen molar-refractivity contribution in [1.29, 1.82) is 0 Å². The summed E-state index contributed by atoms with van der Waals surface area (Å²) < 4.78 is 5.26. The van der Waals surface area contributed by atoms with E-state index in [4.69, 9.17) is 4.42 Å². The maximum Gasteiger partial charge on any atom is 0.349 e. The van der Waals surface area contributed by atoms with E-state index in [2.05, 4.69) is 41.2 Å². The third-order valence-electron chi connectivity index (χ3n) is 4.20. The molecule has 0 aliphatic heterocycles. The standard InChI is InChI=1S/C21H19N3O2S/c1-14(2)24(16-6-4-3-5-7-16)17-10-8-15(9-11-17)22-21-23-19-18(12-13-27-19)20(25)26-21/h3-14H,1-2H3,(H,22,23). The van der Waals surface area contributed by atoms with Crippen LogP contribution in [0.4, 0.5) is 23.1 Å². The molecule has 2 aromatic carbocycles. The van der Waals surface area contributed by atoms with Crippen LogP contribution in [0.25, 0.3) is 10.2 Å². The highest BCUT2D eigenvalue weighted by Crippen LogP contribution is 2.29. The van der Waals surface area contributed by atoms with Crippen molar-refractivity contribution in [3.8, 4) is 0 Å². The van der Waals surface area contributed by atoms with Crippen molar-refractivity contribution >= 4 is 44.6 Å². The molecule has 0 aliphatic rings. The van der Waals surface area contributed by atoms with Crippen molar-refractivity contribution in [2.75, 3.05) is 10.2 Å². The van der Waals surface area contributed by atoms with Crippen LogP contribution < -0.4 is 15.8 Å². The Morgan fingerprint density at radius 2 is 1.70 bits per heavy atom. The highest BCUT2D eigenvalue weighted by Gasteiger charge is 2.13. The van der Waals surface area contributed by atoms with Gasteiger partial charge in [0.05, 0.1) is 5.39 Å². The molecule has 5 nitrogen and oxygen atoms in total. The molecule has 0 fully saturated rings. The third kappa shape index (κ3) is 3.57. The maximum absolute atomic E-state index is 12.0. The van der Waals surface area contributed by atoms with Gasteiger partial charge in [-0.25, -0.2) is 4.79 Å². The Kier molecular flexibility index (Phi) is 4.64. The summed E-state index contributed by atoms with van der Waals surface area (Å²) in [6, 6.07) is 20.5. The average molecular weight is 377 g/mol. The van der Waals surface area contributed by atoms with E-state index in [1.807, 2.05) is 47.8 Å². The van der Waals surface area contributed by atoms with Crippen LogP contribution in [0.5, 0.6) is 0 Å². The van der Waals surface area contributed by atoms with E-state index in [-0.39, 0.29) is 11.6 Å². The van der Waals surface area contributed by atoms with Crippen molar-refractivity contribution in [3.05, 3.63) is 76.5 Å². The Hall–Kier alpha value is -3.12. The summed E-state index contributed by atoms with van der Waals surface area (Å²) >= 11 is 1.42. The normalized spacial score (nSPS) is 11.1. The Morgan fingerprint density at radius 1 is 1.00 bits per heavy atom. The largest absolute Gasteiger partial charge is 0.388 e. The average Bonchev–Trinajstić information content (AvgIpc) is 3.13. The molecule has 0 bridgehead atoms. The Labute approximate surface area is 160 Å². The molecule has 136 valence electrons. The minimum absolute atomic E-state index is 0.200. The summed E-state index contributed by atoms with van der Waals surface area (Å²) in [5.74, 6) is 0. The molecule has 4 rings (SSSR count). The summed E-state index contributed by atoms with van der Waals surface area (Å²) in [7, 11) is 0.